The molecule has 0 spiro atoms. The maximum absolute atomic E-state index is 14.5. The number of amides is 1. The van der Waals surface area contributed by atoms with Gasteiger partial charge >= 0.3 is 150 Å². The molecular weight excluding hydrogens is 479 g/mol. The third kappa shape index (κ3) is 4.91. The van der Waals surface area contributed by atoms with Gasteiger partial charge in [-0.05, 0) is 42.5 Å². The van der Waals surface area contributed by atoms with Crippen molar-refractivity contribution in [3.8, 4) is 0 Å². The zero-order valence-electron chi connectivity index (χ0n) is 17.6. The fourth-order valence-corrected chi connectivity index (χ4v) is 5.50. The van der Waals surface area contributed by atoms with Crippen molar-refractivity contribution in [1.82, 2.24) is 9.88 Å². The second kappa shape index (κ2) is 10.00. The van der Waals surface area contributed by atoms with Gasteiger partial charge in [-0.15, -0.1) is 0 Å². The second-order valence-electron chi connectivity index (χ2n) is 8.12. The predicted octanol–water partition coefficient (Wildman–Crippen LogP) is 4.16. The largest absolute Gasteiger partial charge is 0.870 e. The molecule has 32 heavy (non-hydrogen) atoms. The zero-order valence-corrected chi connectivity index (χ0v) is 19.4. The van der Waals surface area contributed by atoms with E-state index in [1.807, 2.05) is 0 Å². The Labute approximate surface area is 197 Å². The number of nitrogens with one attached hydrogen (secondary N) is 1. The predicted molar refractivity (Wildman–Crippen MR) is 119 cm³/mol. The van der Waals surface area contributed by atoms with Gasteiger partial charge in [0.2, 0.25) is 0 Å². The molecule has 0 unspecified atom stereocenters. The summed E-state index contributed by atoms with van der Waals surface area (Å²) in [5.41, 5.74) is 3.89. The first kappa shape index (κ1) is 24.8. The van der Waals surface area contributed by atoms with Gasteiger partial charge in [-0.25, -0.2) is 0 Å². The fraction of sp³-hybridized carbons (Fsp3) is 0.435. The van der Waals surface area contributed by atoms with Crippen molar-refractivity contribution in [1.29, 1.82) is 0 Å². The SMILES string of the molecule is [CH-]=C/C(=C\[CH]=[Ni])[C@H]1CN([C@@H](C)C(=O)Nc2nc3cc4c(cc3s2)CCC4)CCC1(F)F.[OH-]. The van der Waals surface area contributed by atoms with Crippen molar-refractivity contribution < 1.29 is 34.1 Å². The second-order valence-corrected chi connectivity index (χ2v) is 9.48. The van der Waals surface area contributed by atoms with Gasteiger partial charge < -0.3 is 5.48 Å². The van der Waals surface area contributed by atoms with Crippen LogP contribution in [0.25, 0.3) is 10.2 Å². The van der Waals surface area contributed by atoms with E-state index >= 15 is 0 Å². The molecule has 2 heterocycles. The van der Waals surface area contributed by atoms with Crippen LogP contribution in [0.15, 0.2) is 29.9 Å². The molecule has 1 saturated heterocycles. The van der Waals surface area contributed by atoms with Gasteiger partial charge in [0.25, 0.3) is 0 Å². The Balaban J connectivity index is 0.00000289. The molecule has 1 aliphatic heterocycles. The maximum Gasteiger partial charge on any atom is -0.870 e. The van der Waals surface area contributed by atoms with Crippen LogP contribution >= 0.6 is 11.3 Å². The number of nitrogens with zero attached hydrogens (tertiary/aromatic N) is 2. The number of hydrogen-bond acceptors (Lipinski definition) is 5. The van der Waals surface area contributed by atoms with Crippen molar-refractivity contribution in [2.24, 2.45) is 5.92 Å². The van der Waals surface area contributed by atoms with Crippen LogP contribution in [0, 0.1) is 12.5 Å². The van der Waals surface area contributed by atoms with Gasteiger partial charge in [-0.3, -0.25) is 0 Å². The van der Waals surface area contributed by atoms with E-state index in [9.17, 15) is 13.6 Å². The number of carbonyl (C=O) groups excluding carboxylic acids is 1. The molecule has 1 amide bonds. The van der Waals surface area contributed by atoms with E-state index in [-0.39, 0.29) is 30.9 Å². The summed E-state index contributed by atoms with van der Waals surface area (Å²) in [4.78, 5) is 20.5. The summed E-state index contributed by atoms with van der Waals surface area (Å²) in [7, 11) is 0. The van der Waals surface area contributed by atoms with E-state index in [0.717, 1.165) is 23.1 Å². The summed E-state index contributed by atoms with van der Waals surface area (Å²) in [5, 5.41) is 3.41. The first-order chi connectivity index (χ1) is 14.8. The van der Waals surface area contributed by atoms with E-state index in [0.29, 0.717) is 10.7 Å². The van der Waals surface area contributed by atoms with Crippen LogP contribution in [0.1, 0.15) is 30.9 Å². The average Bonchev–Trinajstić information content (AvgIpc) is 3.34. The quantitative estimate of drug-likeness (QED) is 0.365. The smallest absolute Gasteiger partial charge is 0.870 e. The number of rotatable bonds is 6. The molecule has 0 saturated carbocycles. The first-order valence-electron chi connectivity index (χ1n) is 10.3. The molecule has 2 aromatic rings. The van der Waals surface area contributed by atoms with Gasteiger partial charge in [0.05, 0.1) is 0 Å². The molecule has 1 aromatic carbocycles. The van der Waals surface area contributed by atoms with Crippen molar-refractivity contribution in [2.75, 3.05) is 18.4 Å². The van der Waals surface area contributed by atoms with Gasteiger partial charge in [-0.1, -0.05) is 0 Å². The van der Waals surface area contributed by atoms with Crippen LogP contribution in [0.3, 0.4) is 0 Å². The van der Waals surface area contributed by atoms with Crippen molar-refractivity contribution in [2.45, 2.75) is 44.6 Å². The standard InChI is InChI=1S/C23H24F2N3OS.Ni.H2O/c1-4-15(5-2)18-13-28(10-9-23(18,24)25)14(3)21(29)27-22-26-19-11-16-7-6-8-17(16)12-20(19)30-22;;/h1-2,4-5,11-12,14,18H,6-10,13H2,3H3,(H,26,27,29);;1H2/q-1;;/p-1/b15-4+;;/t14-,18+;;/m0../s1. The molecule has 1 aromatic heterocycles. The van der Waals surface area contributed by atoms with Gasteiger partial charge in [0, 0.05) is 0 Å². The Morgan fingerprint density at radius 3 is 2.81 bits per heavy atom. The van der Waals surface area contributed by atoms with Crippen LogP contribution in [0.4, 0.5) is 13.9 Å². The molecule has 0 radical (unpaired) electrons. The number of fused-ring (bicyclic) bond motifs is 2. The maximum atomic E-state index is 14.5. The molecule has 2 atom stereocenters. The van der Waals surface area contributed by atoms with Crippen LogP contribution in [0.5, 0.6) is 0 Å². The van der Waals surface area contributed by atoms with Crippen LogP contribution in [-0.2, 0) is 32.7 Å². The Morgan fingerprint density at radius 1 is 1.41 bits per heavy atom. The van der Waals surface area contributed by atoms with E-state index in [2.05, 4.69) is 37.5 Å². The number of hydrogen-bond donors (Lipinski definition) is 1. The van der Waals surface area contributed by atoms with Crippen molar-refractivity contribution in [3.05, 3.63) is 47.6 Å². The first-order valence-corrected chi connectivity index (χ1v) is 11.7. The van der Waals surface area contributed by atoms with Gasteiger partial charge in [-0.2, -0.15) is 0 Å². The monoisotopic (exact) mass is 503 g/mol. The number of aryl methyl sites for hydroxylation is 2. The molecule has 1 aliphatic carbocycles. The summed E-state index contributed by atoms with van der Waals surface area (Å²) in [6, 6.07) is 3.70. The van der Waals surface area contributed by atoms with E-state index < -0.39 is 17.9 Å². The van der Waals surface area contributed by atoms with E-state index in [4.69, 9.17) is 6.58 Å². The summed E-state index contributed by atoms with van der Waals surface area (Å²) >= 11 is 5.93. The molecule has 5 nitrogen and oxygen atoms in total. The van der Waals surface area contributed by atoms with Crippen LogP contribution in [-0.4, -0.2) is 51.3 Å². The average molecular weight is 504 g/mol. The zero-order chi connectivity index (χ0) is 22.2. The number of alkyl halides is 2. The van der Waals surface area contributed by atoms with Gasteiger partial charge in [0.15, 0.2) is 0 Å². The number of aromatic nitrogens is 1. The number of benzene rings is 1. The molecule has 2 N–H and O–H groups in total. The minimum absolute atomic E-state index is 0. The number of likely N-dealkylation sites (tertiary alicyclic amines) is 1. The molecule has 0 bridgehead atoms. The summed E-state index contributed by atoms with van der Waals surface area (Å²) in [5.74, 6) is -4.25. The van der Waals surface area contributed by atoms with E-state index in [1.54, 1.807) is 11.8 Å². The third-order valence-corrected chi connectivity index (χ3v) is 7.36. The van der Waals surface area contributed by atoms with Crippen molar-refractivity contribution in [3.63, 3.8) is 0 Å². The molecule has 2 aliphatic rings. The summed E-state index contributed by atoms with van der Waals surface area (Å²) in [6.45, 7) is 7.46. The number of thiazole rings is 1. The van der Waals surface area contributed by atoms with Crippen LogP contribution < -0.4 is 5.32 Å². The minimum Gasteiger partial charge on any atom is -0.870 e. The van der Waals surface area contributed by atoms with Gasteiger partial charge in [0.1, 0.15) is 0 Å². The number of piperidine rings is 1. The molecule has 4 rings (SSSR count). The number of halogens is 2. The number of carbonyl (C=O) groups is 1. The van der Waals surface area contributed by atoms with Crippen molar-refractivity contribution >= 4 is 37.6 Å². The Hall–Kier alpha value is -1.80. The minimum atomic E-state index is -2.90. The molecule has 176 valence electrons. The Bertz CT molecular complexity index is 1030. The van der Waals surface area contributed by atoms with Crippen LogP contribution in [0.2, 0.25) is 0 Å². The van der Waals surface area contributed by atoms with E-state index in [1.165, 1.54) is 46.0 Å². The normalized spacial score (nSPS) is 21.5. The Morgan fingerprint density at radius 2 is 2.12 bits per heavy atom. The topological polar surface area (TPSA) is 75.2 Å². The molecule has 1 fully saturated rings. The summed E-state index contributed by atoms with van der Waals surface area (Å²) < 4.78 is 30.1. The molecule has 9 heteroatoms. The fourth-order valence-electron chi connectivity index (χ4n) is 4.40. The molecular formula is C23H25F2N3NiO2S-2. The third-order valence-electron chi connectivity index (χ3n) is 6.26. The number of allylic oxidation sites excluding steroid dienone is 2. The summed E-state index contributed by atoms with van der Waals surface area (Å²) in [6.07, 6.45) is 5.62. The number of anilines is 1. The Kier molecular flexibility index (Phi) is 7.76.